The highest BCUT2D eigenvalue weighted by Gasteiger charge is 2.28. The molecule has 82 valence electrons. The first-order chi connectivity index (χ1) is 7.07. The lowest BCUT2D eigenvalue weighted by molar-refractivity contribution is 0.275. The zero-order chi connectivity index (χ0) is 10.9. The molecule has 1 aromatic heterocycles. The third kappa shape index (κ3) is 2.57. The van der Waals surface area contributed by atoms with Crippen LogP contribution in [0.15, 0.2) is 18.3 Å². The first kappa shape index (κ1) is 10.6. The van der Waals surface area contributed by atoms with E-state index in [1.54, 1.807) is 0 Å². The summed E-state index contributed by atoms with van der Waals surface area (Å²) in [4.78, 5) is 4.38. The van der Waals surface area contributed by atoms with Gasteiger partial charge in [0.25, 0.3) is 0 Å². The molecule has 1 aliphatic rings. The number of aryl methyl sites for hydroxylation is 1. The molecule has 1 atom stereocenters. The summed E-state index contributed by atoms with van der Waals surface area (Å²) in [6.07, 6.45) is 4.48. The van der Waals surface area contributed by atoms with E-state index in [1.165, 1.54) is 18.4 Å². The molecule has 0 saturated carbocycles. The van der Waals surface area contributed by atoms with Crippen molar-refractivity contribution in [2.45, 2.75) is 45.1 Å². The van der Waals surface area contributed by atoms with Gasteiger partial charge in [-0.15, -0.1) is 0 Å². The fourth-order valence-corrected chi connectivity index (χ4v) is 2.38. The van der Waals surface area contributed by atoms with E-state index in [1.807, 2.05) is 13.1 Å². The first-order valence-electron chi connectivity index (χ1n) is 5.74. The van der Waals surface area contributed by atoms with Gasteiger partial charge in [0.05, 0.1) is 0 Å². The zero-order valence-electron chi connectivity index (χ0n) is 9.88. The van der Waals surface area contributed by atoms with Gasteiger partial charge in [-0.05, 0) is 57.7 Å². The van der Waals surface area contributed by atoms with Gasteiger partial charge < -0.3 is 5.32 Å². The molecule has 0 bridgehead atoms. The van der Waals surface area contributed by atoms with Crippen LogP contribution in [0.5, 0.6) is 0 Å². The number of hydrogen-bond acceptors (Lipinski definition) is 2. The van der Waals surface area contributed by atoms with Crippen LogP contribution in [-0.4, -0.2) is 17.1 Å². The number of pyridine rings is 1. The number of aromatic nitrogens is 1. The SMILES string of the molecule is Cc1ccc(C2CCNC(C)(C)C2)cn1. The van der Waals surface area contributed by atoms with Crippen LogP contribution in [0.2, 0.25) is 0 Å². The average Bonchev–Trinajstić information content (AvgIpc) is 2.17. The Morgan fingerprint density at radius 3 is 2.80 bits per heavy atom. The highest BCUT2D eigenvalue weighted by molar-refractivity contribution is 5.19. The minimum atomic E-state index is 0.272. The lowest BCUT2D eigenvalue weighted by atomic mass is 9.81. The lowest BCUT2D eigenvalue weighted by Crippen LogP contribution is -2.45. The van der Waals surface area contributed by atoms with Gasteiger partial charge >= 0.3 is 0 Å². The highest BCUT2D eigenvalue weighted by Crippen LogP contribution is 2.31. The molecule has 0 aromatic carbocycles. The van der Waals surface area contributed by atoms with Crippen molar-refractivity contribution in [3.8, 4) is 0 Å². The average molecular weight is 204 g/mol. The van der Waals surface area contributed by atoms with Crippen LogP contribution in [0.4, 0.5) is 0 Å². The highest BCUT2D eigenvalue weighted by atomic mass is 15.0. The van der Waals surface area contributed by atoms with Crippen molar-refractivity contribution in [3.05, 3.63) is 29.6 Å². The van der Waals surface area contributed by atoms with E-state index in [0.29, 0.717) is 5.92 Å². The second-order valence-corrected chi connectivity index (χ2v) is 5.23. The maximum Gasteiger partial charge on any atom is 0.0372 e. The Morgan fingerprint density at radius 2 is 2.20 bits per heavy atom. The van der Waals surface area contributed by atoms with Crippen LogP contribution in [0.3, 0.4) is 0 Å². The first-order valence-corrected chi connectivity index (χ1v) is 5.74. The van der Waals surface area contributed by atoms with E-state index in [-0.39, 0.29) is 5.54 Å². The van der Waals surface area contributed by atoms with Crippen molar-refractivity contribution in [1.29, 1.82) is 0 Å². The Morgan fingerprint density at radius 1 is 1.40 bits per heavy atom. The largest absolute Gasteiger partial charge is 0.312 e. The summed E-state index contributed by atoms with van der Waals surface area (Å²) in [5.41, 5.74) is 2.77. The molecular weight excluding hydrogens is 184 g/mol. The molecule has 0 amide bonds. The van der Waals surface area contributed by atoms with Gasteiger partial charge in [0, 0.05) is 17.4 Å². The molecule has 2 rings (SSSR count). The number of nitrogens with one attached hydrogen (secondary N) is 1. The maximum absolute atomic E-state index is 4.38. The smallest absolute Gasteiger partial charge is 0.0372 e. The topological polar surface area (TPSA) is 24.9 Å². The Balaban J connectivity index is 2.13. The molecule has 2 heteroatoms. The molecule has 1 fully saturated rings. The summed E-state index contributed by atoms with van der Waals surface area (Å²) in [5.74, 6) is 0.675. The summed E-state index contributed by atoms with van der Waals surface area (Å²) in [6, 6.07) is 4.35. The van der Waals surface area contributed by atoms with Gasteiger partial charge in [-0.1, -0.05) is 6.07 Å². The van der Waals surface area contributed by atoms with Crippen molar-refractivity contribution in [1.82, 2.24) is 10.3 Å². The van der Waals surface area contributed by atoms with Gasteiger partial charge in [0.2, 0.25) is 0 Å². The minimum Gasteiger partial charge on any atom is -0.312 e. The fourth-order valence-electron chi connectivity index (χ4n) is 2.38. The molecule has 1 saturated heterocycles. The minimum absolute atomic E-state index is 0.272. The molecule has 1 aliphatic heterocycles. The van der Waals surface area contributed by atoms with Gasteiger partial charge in [0.15, 0.2) is 0 Å². The zero-order valence-corrected chi connectivity index (χ0v) is 9.88. The van der Waals surface area contributed by atoms with E-state index in [2.05, 4.69) is 36.3 Å². The van der Waals surface area contributed by atoms with Crippen LogP contribution >= 0.6 is 0 Å². The van der Waals surface area contributed by atoms with E-state index in [0.717, 1.165) is 12.2 Å². The molecule has 0 spiro atoms. The van der Waals surface area contributed by atoms with E-state index >= 15 is 0 Å². The van der Waals surface area contributed by atoms with E-state index < -0.39 is 0 Å². The van der Waals surface area contributed by atoms with Gasteiger partial charge in [-0.25, -0.2) is 0 Å². The van der Waals surface area contributed by atoms with Crippen LogP contribution in [0.25, 0.3) is 0 Å². The second kappa shape index (κ2) is 3.93. The van der Waals surface area contributed by atoms with Crippen LogP contribution in [0.1, 0.15) is 43.9 Å². The second-order valence-electron chi connectivity index (χ2n) is 5.23. The number of rotatable bonds is 1. The Kier molecular flexibility index (Phi) is 2.79. The molecule has 0 radical (unpaired) electrons. The molecule has 15 heavy (non-hydrogen) atoms. The molecule has 2 nitrogen and oxygen atoms in total. The Hall–Kier alpha value is -0.890. The molecular formula is C13H20N2. The normalized spacial score (nSPS) is 25.1. The van der Waals surface area contributed by atoms with E-state index in [9.17, 15) is 0 Å². The summed E-state index contributed by atoms with van der Waals surface area (Å²) >= 11 is 0. The third-order valence-electron chi connectivity index (χ3n) is 3.26. The van der Waals surface area contributed by atoms with Crippen molar-refractivity contribution < 1.29 is 0 Å². The van der Waals surface area contributed by atoms with Gasteiger partial charge in [-0.3, -0.25) is 4.98 Å². The summed E-state index contributed by atoms with van der Waals surface area (Å²) < 4.78 is 0. The van der Waals surface area contributed by atoms with Crippen LogP contribution < -0.4 is 5.32 Å². The Labute approximate surface area is 92.1 Å². The van der Waals surface area contributed by atoms with Crippen LogP contribution in [0, 0.1) is 6.92 Å². The number of hydrogen-bond donors (Lipinski definition) is 1. The molecule has 2 heterocycles. The van der Waals surface area contributed by atoms with E-state index in [4.69, 9.17) is 0 Å². The predicted molar refractivity (Wildman–Crippen MR) is 63.0 cm³/mol. The molecule has 1 unspecified atom stereocenters. The summed E-state index contributed by atoms with van der Waals surface area (Å²) in [5, 5.41) is 3.55. The summed E-state index contributed by atoms with van der Waals surface area (Å²) in [7, 11) is 0. The van der Waals surface area contributed by atoms with Gasteiger partial charge in [0.1, 0.15) is 0 Å². The standard InChI is InChI=1S/C13H20N2/c1-10-4-5-12(9-14-10)11-6-7-15-13(2,3)8-11/h4-5,9,11,15H,6-8H2,1-3H3. The predicted octanol–water partition coefficient (Wildman–Crippen LogP) is 2.64. The van der Waals surface area contributed by atoms with Crippen molar-refractivity contribution in [2.24, 2.45) is 0 Å². The number of nitrogens with zero attached hydrogens (tertiary/aromatic N) is 1. The van der Waals surface area contributed by atoms with Crippen molar-refractivity contribution in [3.63, 3.8) is 0 Å². The monoisotopic (exact) mass is 204 g/mol. The lowest BCUT2D eigenvalue weighted by Gasteiger charge is -2.36. The molecule has 1 N–H and O–H groups in total. The van der Waals surface area contributed by atoms with Crippen molar-refractivity contribution >= 4 is 0 Å². The molecule has 0 aliphatic carbocycles. The van der Waals surface area contributed by atoms with Gasteiger partial charge in [-0.2, -0.15) is 0 Å². The fraction of sp³-hybridized carbons (Fsp3) is 0.615. The summed E-state index contributed by atoms with van der Waals surface area (Å²) in [6.45, 7) is 7.71. The maximum atomic E-state index is 4.38. The third-order valence-corrected chi connectivity index (χ3v) is 3.26. The number of piperidine rings is 1. The van der Waals surface area contributed by atoms with Crippen LogP contribution in [-0.2, 0) is 0 Å². The molecule has 1 aromatic rings. The Bertz CT molecular complexity index is 327. The quantitative estimate of drug-likeness (QED) is 0.760. The van der Waals surface area contributed by atoms with Crippen molar-refractivity contribution in [2.75, 3.05) is 6.54 Å².